The van der Waals surface area contributed by atoms with Gasteiger partial charge in [0.25, 0.3) is 0 Å². The van der Waals surface area contributed by atoms with Gasteiger partial charge in [0, 0.05) is 0 Å². The molecule has 0 aliphatic rings. The number of hydrogen-bond donors (Lipinski definition) is 1. The number of thiocyanates is 1. The van der Waals surface area contributed by atoms with E-state index >= 15 is 0 Å². The fourth-order valence-electron chi connectivity index (χ4n) is 1.26. The first-order valence-corrected chi connectivity index (χ1v) is 6.93. The normalized spacial score (nSPS) is 17.5. The average Bonchev–Trinajstić information content (AvgIpc) is 2.37. The summed E-state index contributed by atoms with van der Waals surface area (Å²) in [7, 11) is -4.08. The van der Waals surface area contributed by atoms with Crippen molar-refractivity contribution in [3.63, 3.8) is 0 Å². The van der Waals surface area contributed by atoms with Crippen molar-refractivity contribution in [2.75, 3.05) is 5.75 Å². The summed E-state index contributed by atoms with van der Waals surface area (Å²) < 4.78 is 165. The molecule has 0 heterocycles. The van der Waals surface area contributed by atoms with E-state index in [2.05, 4.69) is 0 Å². The Morgan fingerprint density at radius 1 is 0.667 bits per heavy atom. The molecular weight excluding hydrogens is 401 g/mol. The van der Waals surface area contributed by atoms with Gasteiger partial charge in [0.1, 0.15) is 5.40 Å². The van der Waals surface area contributed by atoms with Gasteiger partial charge >= 0.3 is 35.1 Å². The molecule has 0 aliphatic carbocycles. The Kier molecular flexibility index (Phi) is 5.76. The van der Waals surface area contributed by atoms with Gasteiger partial charge in [-0.2, -0.15) is 62.3 Å². The Labute approximate surface area is 127 Å². The van der Waals surface area contributed by atoms with Gasteiger partial charge in [-0.25, -0.2) is 0 Å². The zero-order valence-electron chi connectivity index (χ0n) is 11.0. The highest BCUT2D eigenvalue weighted by Gasteiger charge is 2.91. The number of thiol groups is 1. The lowest BCUT2D eigenvalue weighted by molar-refractivity contribution is -0.433. The first kappa shape index (κ1) is 22.9. The second-order valence-electron chi connectivity index (χ2n) is 4.18. The summed E-state index contributed by atoms with van der Waals surface area (Å²) in [6.45, 7) is 0.597. The van der Waals surface area contributed by atoms with Crippen molar-refractivity contribution in [1.82, 2.24) is 0 Å². The van der Waals surface area contributed by atoms with E-state index in [9.17, 15) is 57.1 Å². The van der Waals surface area contributed by atoms with Crippen molar-refractivity contribution >= 4 is 10.9 Å². The molecule has 0 rings (SSSR count). The molecule has 1 unspecified atom stereocenters. The fourth-order valence-corrected chi connectivity index (χ4v) is 2.41. The molecule has 0 radical (unpaired) electrons. The molecule has 0 spiro atoms. The Balaban J connectivity index is 6.36. The van der Waals surface area contributed by atoms with Crippen LogP contribution in [0.25, 0.3) is 0 Å². The van der Waals surface area contributed by atoms with E-state index < -0.39 is 51.8 Å². The molecule has 1 nitrogen and oxygen atoms in total. The van der Waals surface area contributed by atoms with Crippen LogP contribution in [0.4, 0.5) is 57.1 Å². The minimum atomic E-state index is -7.92. The van der Waals surface area contributed by atoms with Crippen LogP contribution in [0.5, 0.6) is 0 Å². The minimum Gasteiger partial charge on any atom is -0.192 e. The number of halogens is 13. The van der Waals surface area contributed by atoms with Gasteiger partial charge in [0.2, 0.25) is 0 Å². The van der Waals surface area contributed by atoms with Crippen molar-refractivity contribution in [1.29, 1.82) is 5.26 Å². The van der Waals surface area contributed by atoms with E-state index in [0.717, 1.165) is 0 Å². The first-order chi connectivity index (χ1) is 10.3. The molecule has 144 valence electrons. The largest absolute Gasteiger partial charge is 0.460 e. The van der Waals surface area contributed by atoms with E-state index in [1.807, 2.05) is 0 Å². The number of alkyl halides is 13. The molecule has 15 heteroatoms. The second kappa shape index (κ2) is 6.03. The molecule has 0 saturated carbocycles. The maximum Gasteiger partial charge on any atom is 0.460 e. The topological polar surface area (TPSA) is 23.8 Å². The lowest BCUT2D eigenvalue weighted by Crippen LogP contribution is -2.69. The van der Waals surface area contributed by atoms with E-state index in [1.54, 1.807) is 0 Å². The summed E-state index contributed by atoms with van der Waals surface area (Å²) in [5.74, 6) is -32.1. The van der Waals surface area contributed by atoms with Gasteiger partial charge in [-0.3, -0.25) is 0 Å². The van der Waals surface area contributed by atoms with Gasteiger partial charge in [0.15, 0.2) is 0 Å². The predicted octanol–water partition coefficient (Wildman–Crippen LogP) is 5.18. The minimum absolute atomic E-state index is 0.437. The lowest BCUT2D eigenvalue weighted by atomic mass is 9.98. The Hall–Kier alpha value is -1.07. The molecule has 0 N–H and O–H groups in total. The van der Waals surface area contributed by atoms with Crippen molar-refractivity contribution < 1.29 is 57.1 Å². The third-order valence-electron chi connectivity index (χ3n) is 2.69. The Morgan fingerprint density at radius 2 is 1.00 bits per heavy atom. The van der Waals surface area contributed by atoms with Crippen LogP contribution in [0.1, 0.15) is 6.92 Å². The first-order valence-electron chi connectivity index (χ1n) is 5.40. The summed E-state index contributed by atoms with van der Waals surface area (Å²) in [6, 6.07) is 0. The predicted molar refractivity (Wildman–Crippen MR) is 55.9 cm³/mol. The number of rotatable bonds is 6. The molecule has 1 atom stereocenters. The van der Waals surface area contributed by atoms with Gasteiger partial charge in [0.05, 0.1) is 0 Å². The van der Waals surface area contributed by atoms with Crippen LogP contribution >= 0.6 is 10.9 Å². The maximum absolute atomic E-state index is 13.3. The third-order valence-corrected chi connectivity index (χ3v) is 4.53. The SMILES string of the molecule is CC[SH](C#N)C(F)(F)C(F)(F)C(F)(F)C(F)(F)C(F)(F)C(F)(F)F. The smallest absolute Gasteiger partial charge is 0.192 e. The Morgan fingerprint density at radius 3 is 1.25 bits per heavy atom. The summed E-state index contributed by atoms with van der Waals surface area (Å²) in [6.07, 6.45) is -7.43. The van der Waals surface area contributed by atoms with Gasteiger partial charge < -0.3 is 0 Å². The molecule has 0 amide bonds. The number of nitriles is 1. The fraction of sp³-hybridized carbons (Fsp3) is 0.889. The van der Waals surface area contributed by atoms with E-state index in [-0.39, 0.29) is 0 Å². The van der Waals surface area contributed by atoms with Crippen LogP contribution in [0.15, 0.2) is 0 Å². The van der Waals surface area contributed by atoms with Crippen LogP contribution in [-0.4, -0.2) is 40.9 Å². The third kappa shape index (κ3) is 2.86. The maximum atomic E-state index is 13.3. The number of nitrogens with zero attached hydrogens (tertiary/aromatic N) is 1. The van der Waals surface area contributed by atoms with Crippen LogP contribution in [0, 0.1) is 10.7 Å². The molecule has 0 aromatic carbocycles. The summed E-state index contributed by atoms with van der Waals surface area (Å²) >= 11 is 0. The lowest BCUT2D eigenvalue weighted by Gasteiger charge is -2.41. The van der Waals surface area contributed by atoms with Crippen molar-refractivity contribution in [3.8, 4) is 5.40 Å². The van der Waals surface area contributed by atoms with Crippen LogP contribution in [-0.2, 0) is 0 Å². The summed E-state index contributed by atoms with van der Waals surface area (Å²) in [5, 5.41) is 2.36. The molecule has 0 bridgehead atoms. The summed E-state index contributed by atoms with van der Waals surface area (Å²) in [4.78, 5) is 0. The van der Waals surface area contributed by atoms with Crippen LogP contribution < -0.4 is 0 Å². The van der Waals surface area contributed by atoms with Crippen LogP contribution in [0.2, 0.25) is 0 Å². The highest BCUT2D eigenvalue weighted by atomic mass is 32.2. The van der Waals surface area contributed by atoms with E-state index in [4.69, 9.17) is 5.26 Å². The molecular formula is C9H6F13NS. The number of hydrogen-bond acceptors (Lipinski definition) is 1. The second-order valence-corrected chi connectivity index (χ2v) is 6.43. The summed E-state index contributed by atoms with van der Waals surface area (Å²) in [5.41, 5.74) is 0. The van der Waals surface area contributed by atoms with Gasteiger partial charge in [-0.1, -0.05) is 17.8 Å². The van der Waals surface area contributed by atoms with Gasteiger partial charge in [-0.15, -0.1) is 0 Å². The van der Waals surface area contributed by atoms with Gasteiger partial charge in [-0.05, 0) is 5.75 Å². The monoisotopic (exact) mass is 407 g/mol. The Bertz CT molecular complexity index is 503. The molecule has 0 saturated heterocycles. The van der Waals surface area contributed by atoms with E-state index in [0.29, 0.717) is 12.3 Å². The highest BCUT2D eigenvalue weighted by molar-refractivity contribution is 8.21. The highest BCUT2D eigenvalue weighted by Crippen LogP contribution is 2.64. The van der Waals surface area contributed by atoms with Crippen molar-refractivity contribution in [2.45, 2.75) is 42.0 Å². The van der Waals surface area contributed by atoms with E-state index in [1.165, 1.54) is 0 Å². The molecule has 0 aliphatic heterocycles. The van der Waals surface area contributed by atoms with Crippen molar-refractivity contribution in [2.24, 2.45) is 0 Å². The zero-order chi connectivity index (χ0) is 20.0. The molecule has 0 aromatic rings. The standard InChI is InChI=1S/C9H6F13NS/c1-2-24(3-23)9(21,22)7(16,17)5(12,13)4(10,11)6(14,15)8(18,19)20/h24H,2H2,1H3. The quantitative estimate of drug-likeness (QED) is 0.366. The molecule has 0 aromatic heterocycles. The van der Waals surface area contributed by atoms with Crippen molar-refractivity contribution in [3.05, 3.63) is 0 Å². The molecule has 0 fully saturated rings. The molecule has 24 heavy (non-hydrogen) atoms. The zero-order valence-corrected chi connectivity index (χ0v) is 11.9. The average molecular weight is 407 g/mol. The van der Waals surface area contributed by atoms with Crippen LogP contribution in [0.3, 0.4) is 0 Å².